The van der Waals surface area contributed by atoms with Crippen LogP contribution < -0.4 is 5.63 Å². The van der Waals surface area contributed by atoms with E-state index < -0.39 is 5.63 Å². The van der Waals surface area contributed by atoms with E-state index in [-0.39, 0.29) is 5.75 Å². The second kappa shape index (κ2) is 3.06. The first kappa shape index (κ1) is 8.07. The van der Waals surface area contributed by atoms with Gasteiger partial charge in [0, 0.05) is 6.07 Å². The lowest BCUT2D eigenvalue weighted by molar-refractivity contribution is 0.453. The first-order valence-electron chi connectivity index (χ1n) is 3.64. The van der Waals surface area contributed by atoms with Gasteiger partial charge in [-0.05, 0) is 11.4 Å². The molecule has 2 aromatic rings. The molecule has 1 N–H and O–H groups in total. The third kappa shape index (κ3) is 1.62. The molecule has 66 valence electrons. The molecule has 0 aliphatic carbocycles. The van der Waals surface area contributed by atoms with E-state index in [1.165, 1.54) is 17.4 Å². The molecule has 0 aliphatic rings. The fraction of sp³-hybridized carbons (Fsp3) is 0. The SMILES string of the molecule is O=c1cc(O)cc(-c2cccs2)o1. The molecule has 0 saturated carbocycles. The molecule has 0 aromatic carbocycles. The molecule has 0 aliphatic heterocycles. The quantitative estimate of drug-likeness (QED) is 0.756. The summed E-state index contributed by atoms with van der Waals surface area (Å²) < 4.78 is 4.90. The van der Waals surface area contributed by atoms with Crippen molar-refractivity contribution in [3.8, 4) is 16.4 Å². The number of thiophene rings is 1. The first-order valence-corrected chi connectivity index (χ1v) is 4.52. The van der Waals surface area contributed by atoms with Crippen LogP contribution in [-0.4, -0.2) is 5.11 Å². The Kier molecular flexibility index (Phi) is 1.90. The molecule has 0 bridgehead atoms. The molecule has 4 heteroatoms. The summed E-state index contributed by atoms with van der Waals surface area (Å²) in [5.41, 5.74) is -0.539. The largest absolute Gasteiger partial charge is 0.508 e. The summed E-state index contributed by atoms with van der Waals surface area (Å²) in [5, 5.41) is 11.0. The number of hydrogen-bond donors (Lipinski definition) is 1. The molecule has 0 amide bonds. The Balaban J connectivity index is 2.59. The second-order valence-electron chi connectivity index (χ2n) is 2.48. The van der Waals surface area contributed by atoms with Gasteiger partial charge in [0.25, 0.3) is 0 Å². The zero-order valence-electron chi connectivity index (χ0n) is 6.56. The van der Waals surface area contributed by atoms with Crippen LogP contribution in [0, 0.1) is 0 Å². The Morgan fingerprint density at radius 2 is 2.23 bits per heavy atom. The van der Waals surface area contributed by atoms with E-state index >= 15 is 0 Å². The number of aromatic hydroxyl groups is 1. The molecule has 0 spiro atoms. The van der Waals surface area contributed by atoms with Crippen LogP contribution in [0.15, 0.2) is 38.9 Å². The van der Waals surface area contributed by atoms with Crippen LogP contribution in [-0.2, 0) is 0 Å². The van der Waals surface area contributed by atoms with Crippen molar-refractivity contribution < 1.29 is 9.52 Å². The lowest BCUT2D eigenvalue weighted by Crippen LogP contribution is -1.95. The van der Waals surface area contributed by atoms with Gasteiger partial charge < -0.3 is 9.52 Å². The van der Waals surface area contributed by atoms with Gasteiger partial charge in [-0.1, -0.05) is 6.07 Å². The molecule has 0 saturated heterocycles. The predicted molar refractivity (Wildman–Crippen MR) is 50.0 cm³/mol. The van der Waals surface area contributed by atoms with Crippen molar-refractivity contribution in [1.82, 2.24) is 0 Å². The average Bonchev–Trinajstić information content (AvgIpc) is 2.53. The minimum absolute atomic E-state index is 0.0698. The summed E-state index contributed by atoms with van der Waals surface area (Å²) in [6, 6.07) is 6.14. The Morgan fingerprint density at radius 1 is 1.38 bits per heavy atom. The van der Waals surface area contributed by atoms with Crippen molar-refractivity contribution in [2.75, 3.05) is 0 Å². The fourth-order valence-electron chi connectivity index (χ4n) is 1.00. The molecule has 0 radical (unpaired) electrons. The molecule has 0 atom stereocenters. The van der Waals surface area contributed by atoms with Crippen LogP contribution >= 0.6 is 11.3 Å². The molecular formula is C9H6O3S. The monoisotopic (exact) mass is 194 g/mol. The van der Waals surface area contributed by atoms with E-state index in [2.05, 4.69) is 0 Å². The van der Waals surface area contributed by atoms with Gasteiger partial charge in [0.1, 0.15) is 5.75 Å². The Bertz CT molecular complexity index is 456. The van der Waals surface area contributed by atoms with Crippen LogP contribution in [0.2, 0.25) is 0 Å². The smallest absolute Gasteiger partial charge is 0.339 e. The van der Waals surface area contributed by atoms with Gasteiger partial charge in [-0.2, -0.15) is 0 Å². The van der Waals surface area contributed by atoms with Gasteiger partial charge in [0.2, 0.25) is 0 Å². The highest BCUT2D eigenvalue weighted by atomic mass is 32.1. The van der Waals surface area contributed by atoms with E-state index in [4.69, 9.17) is 9.52 Å². The summed E-state index contributed by atoms with van der Waals surface area (Å²) in [7, 11) is 0. The van der Waals surface area contributed by atoms with E-state index in [1.54, 1.807) is 0 Å². The van der Waals surface area contributed by atoms with Crippen molar-refractivity contribution >= 4 is 11.3 Å². The standard InChI is InChI=1S/C9H6O3S/c10-6-4-7(12-9(11)5-6)8-2-1-3-13-8/h1-5,10H. The van der Waals surface area contributed by atoms with Crippen LogP contribution in [0.5, 0.6) is 5.75 Å². The Hall–Kier alpha value is -1.55. The first-order chi connectivity index (χ1) is 6.25. The van der Waals surface area contributed by atoms with Gasteiger partial charge in [-0.25, -0.2) is 4.79 Å². The van der Waals surface area contributed by atoms with E-state index in [0.717, 1.165) is 10.9 Å². The molecule has 2 heterocycles. The normalized spacial score (nSPS) is 10.2. The molecule has 2 aromatic heterocycles. The van der Waals surface area contributed by atoms with Crippen molar-refractivity contribution in [2.45, 2.75) is 0 Å². The van der Waals surface area contributed by atoms with Gasteiger partial charge in [0.15, 0.2) is 5.76 Å². The topological polar surface area (TPSA) is 50.4 Å². The summed E-state index contributed by atoms with van der Waals surface area (Å²) in [4.78, 5) is 11.7. The van der Waals surface area contributed by atoms with Crippen LogP contribution in [0.3, 0.4) is 0 Å². The fourth-order valence-corrected chi connectivity index (χ4v) is 1.68. The van der Waals surface area contributed by atoms with Crippen molar-refractivity contribution in [2.24, 2.45) is 0 Å². The van der Waals surface area contributed by atoms with Crippen molar-refractivity contribution in [1.29, 1.82) is 0 Å². The molecule has 2 rings (SSSR count). The van der Waals surface area contributed by atoms with Gasteiger partial charge >= 0.3 is 5.63 Å². The summed E-state index contributed by atoms with van der Waals surface area (Å²) >= 11 is 1.45. The maximum atomic E-state index is 10.9. The third-order valence-electron chi connectivity index (χ3n) is 1.52. The van der Waals surface area contributed by atoms with Crippen LogP contribution in [0.1, 0.15) is 0 Å². The minimum atomic E-state index is -0.539. The van der Waals surface area contributed by atoms with Gasteiger partial charge in [-0.15, -0.1) is 11.3 Å². The summed E-state index contributed by atoms with van der Waals surface area (Å²) in [5.74, 6) is 0.333. The van der Waals surface area contributed by atoms with E-state index in [9.17, 15) is 4.79 Å². The van der Waals surface area contributed by atoms with Crippen LogP contribution in [0.4, 0.5) is 0 Å². The summed E-state index contributed by atoms with van der Waals surface area (Å²) in [6.07, 6.45) is 0. The molecule has 0 unspecified atom stereocenters. The third-order valence-corrected chi connectivity index (χ3v) is 2.40. The molecule has 13 heavy (non-hydrogen) atoms. The highest BCUT2D eigenvalue weighted by molar-refractivity contribution is 7.13. The average molecular weight is 194 g/mol. The molecule has 3 nitrogen and oxygen atoms in total. The summed E-state index contributed by atoms with van der Waals surface area (Å²) in [6.45, 7) is 0. The lowest BCUT2D eigenvalue weighted by atomic mass is 10.3. The minimum Gasteiger partial charge on any atom is -0.508 e. The molecule has 0 fully saturated rings. The molecular weight excluding hydrogens is 188 g/mol. The lowest BCUT2D eigenvalue weighted by Gasteiger charge is -1.95. The van der Waals surface area contributed by atoms with E-state index in [0.29, 0.717) is 5.76 Å². The second-order valence-corrected chi connectivity index (χ2v) is 3.42. The zero-order chi connectivity index (χ0) is 9.26. The number of rotatable bonds is 1. The van der Waals surface area contributed by atoms with Crippen molar-refractivity contribution in [3.63, 3.8) is 0 Å². The number of hydrogen-bond acceptors (Lipinski definition) is 4. The van der Waals surface area contributed by atoms with Gasteiger partial charge in [0.05, 0.1) is 10.9 Å². The highest BCUT2D eigenvalue weighted by Crippen LogP contribution is 2.25. The Morgan fingerprint density at radius 3 is 2.85 bits per heavy atom. The maximum Gasteiger partial charge on any atom is 0.339 e. The zero-order valence-corrected chi connectivity index (χ0v) is 7.38. The van der Waals surface area contributed by atoms with Crippen molar-refractivity contribution in [3.05, 3.63) is 40.1 Å². The van der Waals surface area contributed by atoms with E-state index in [1.807, 2.05) is 17.5 Å². The highest BCUT2D eigenvalue weighted by Gasteiger charge is 2.03. The predicted octanol–water partition coefficient (Wildman–Crippen LogP) is 2.07. The van der Waals surface area contributed by atoms with Gasteiger partial charge in [-0.3, -0.25) is 0 Å². The maximum absolute atomic E-state index is 10.9. The Labute approximate surface area is 77.9 Å². The van der Waals surface area contributed by atoms with Crippen LogP contribution in [0.25, 0.3) is 10.6 Å².